The number of carbonyl (C=O) groups is 2. The molecule has 1 aliphatic rings. The van der Waals surface area contributed by atoms with Crippen molar-refractivity contribution in [1.29, 1.82) is 0 Å². The summed E-state index contributed by atoms with van der Waals surface area (Å²) in [6.07, 6.45) is 4.20. The smallest absolute Gasteiger partial charge is 0.235 e. The number of nitrogens with zero attached hydrogens (tertiary/aromatic N) is 1. The number of carbonyl (C=O) groups excluding carboxylic acids is 2. The highest BCUT2D eigenvalue weighted by Gasteiger charge is 2.26. The van der Waals surface area contributed by atoms with E-state index in [0.717, 1.165) is 5.56 Å². The third kappa shape index (κ3) is 1.87. The maximum absolute atomic E-state index is 11.7. The van der Waals surface area contributed by atoms with Crippen LogP contribution in [0.15, 0.2) is 42.6 Å². The van der Waals surface area contributed by atoms with Gasteiger partial charge in [-0.3, -0.25) is 9.59 Å². The summed E-state index contributed by atoms with van der Waals surface area (Å²) in [7, 11) is 0. The summed E-state index contributed by atoms with van der Waals surface area (Å²) < 4.78 is 1.57. The molecule has 4 heteroatoms. The highest BCUT2D eigenvalue weighted by molar-refractivity contribution is 6.50. The zero-order chi connectivity index (χ0) is 13.4. The fraction of sp³-hybridized carbons (Fsp3) is 0.0667. The van der Waals surface area contributed by atoms with Gasteiger partial charge in [0.25, 0.3) is 0 Å². The van der Waals surface area contributed by atoms with E-state index >= 15 is 0 Å². The SMILES string of the molecule is O=C1C=Cc2c(cn(Cc3ccccc3)c2O)C1=O. The minimum absolute atomic E-state index is 0.0101. The van der Waals surface area contributed by atoms with Crippen molar-refractivity contribution in [2.75, 3.05) is 0 Å². The van der Waals surface area contributed by atoms with Crippen LogP contribution in [0.4, 0.5) is 0 Å². The first-order chi connectivity index (χ1) is 9.16. The number of allylic oxidation sites excluding steroid dienone is 1. The van der Waals surface area contributed by atoms with E-state index in [2.05, 4.69) is 0 Å². The maximum Gasteiger partial charge on any atom is 0.235 e. The predicted octanol–water partition coefficient (Wildman–Crippen LogP) is 2.02. The van der Waals surface area contributed by atoms with Crippen LogP contribution in [0.1, 0.15) is 21.5 Å². The van der Waals surface area contributed by atoms with Crippen molar-refractivity contribution >= 4 is 17.6 Å². The van der Waals surface area contributed by atoms with Crippen molar-refractivity contribution in [3.05, 3.63) is 59.3 Å². The van der Waals surface area contributed by atoms with E-state index in [0.29, 0.717) is 12.1 Å². The van der Waals surface area contributed by atoms with Crippen LogP contribution >= 0.6 is 0 Å². The zero-order valence-corrected chi connectivity index (χ0v) is 10.0. The van der Waals surface area contributed by atoms with Gasteiger partial charge in [-0.15, -0.1) is 0 Å². The van der Waals surface area contributed by atoms with E-state index in [1.54, 1.807) is 4.57 Å². The lowest BCUT2D eigenvalue weighted by atomic mass is 10.00. The van der Waals surface area contributed by atoms with Gasteiger partial charge in [0.2, 0.25) is 11.6 Å². The molecule has 0 bridgehead atoms. The number of hydrogen-bond donors (Lipinski definition) is 1. The highest BCUT2D eigenvalue weighted by atomic mass is 16.3. The zero-order valence-electron chi connectivity index (χ0n) is 10.0. The fourth-order valence-electron chi connectivity index (χ4n) is 2.18. The Morgan fingerprint density at radius 3 is 2.53 bits per heavy atom. The van der Waals surface area contributed by atoms with Gasteiger partial charge in [-0.1, -0.05) is 30.3 Å². The molecule has 19 heavy (non-hydrogen) atoms. The first kappa shape index (κ1) is 11.5. The summed E-state index contributed by atoms with van der Waals surface area (Å²) in [6.45, 7) is 0.453. The Labute approximate surface area is 109 Å². The predicted molar refractivity (Wildman–Crippen MR) is 70.0 cm³/mol. The van der Waals surface area contributed by atoms with E-state index in [1.165, 1.54) is 18.3 Å². The molecule has 0 fully saturated rings. The van der Waals surface area contributed by atoms with Gasteiger partial charge >= 0.3 is 0 Å². The minimum atomic E-state index is -0.570. The molecule has 1 aromatic carbocycles. The Morgan fingerprint density at radius 1 is 1.05 bits per heavy atom. The highest BCUT2D eigenvalue weighted by Crippen LogP contribution is 2.29. The number of hydrogen-bond acceptors (Lipinski definition) is 3. The molecule has 0 atom stereocenters. The second-order valence-corrected chi connectivity index (χ2v) is 4.42. The van der Waals surface area contributed by atoms with Crippen LogP contribution in [-0.4, -0.2) is 21.2 Å². The first-order valence-corrected chi connectivity index (χ1v) is 5.89. The Morgan fingerprint density at radius 2 is 1.79 bits per heavy atom. The van der Waals surface area contributed by atoms with Crippen molar-refractivity contribution in [1.82, 2.24) is 4.57 Å². The van der Waals surface area contributed by atoms with Gasteiger partial charge in [-0.05, 0) is 17.7 Å². The molecule has 0 unspecified atom stereocenters. The second kappa shape index (κ2) is 4.24. The Bertz CT molecular complexity index is 696. The van der Waals surface area contributed by atoms with Gasteiger partial charge in [0.15, 0.2) is 5.88 Å². The summed E-state index contributed by atoms with van der Waals surface area (Å²) in [5.41, 5.74) is 1.69. The van der Waals surface area contributed by atoms with Crippen LogP contribution in [0.3, 0.4) is 0 Å². The molecule has 0 radical (unpaired) electrons. The van der Waals surface area contributed by atoms with Crippen LogP contribution in [0, 0.1) is 0 Å². The largest absolute Gasteiger partial charge is 0.494 e. The molecule has 94 valence electrons. The number of Topliss-reactive ketones (excluding diaryl/α,β-unsaturated/α-hetero) is 1. The molecule has 3 rings (SSSR count). The van der Waals surface area contributed by atoms with E-state index in [9.17, 15) is 14.7 Å². The van der Waals surface area contributed by atoms with Gasteiger partial charge in [0, 0.05) is 11.8 Å². The number of ketones is 2. The molecule has 0 saturated carbocycles. The van der Waals surface area contributed by atoms with Gasteiger partial charge in [0.1, 0.15) is 0 Å². The average Bonchev–Trinajstić information content (AvgIpc) is 2.73. The molecule has 1 aromatic heterocycles. The molecule has 0 amide bonds. The fourth-order valence-corrected chi connectivity index (χ4v) is 2.18. The van der Waals surface area contributed by atoms with Gasteiger partial charge in [-0.25, -0.2) is 0 Å². The molecule has 1 aliphatic carbocycles. The van der Waals surface area contributed by atoms with Crippen LogP contribution in [-0.2, 0) is 11.3 Å². The first-order valence-electron chi connectivity index (χ1n) is 5.89. The van der Waals surface area contributed by atoms with Gasteiger partial charge in [-0.2, -0.15) is 0 Å². The Hall–Kier alpha value is -2.62. The van der Waals surface area contributed by atoms with E-state index < -0.39 is 11.6 Å². The second-order valence-electron chi connectivity index (χ2n) is 4.42. The average molecular weight is 253 g/mol. The topological polar surface area (TPSA) is 59.3 Å². The minimum Gasteiger partial charge on any atom is -0.494 e. The van der Waals surface area contributed by atoms with E-state index in [1.807, 2.05) is 30.3 Å². The normalized spacial score (nSPS) is 13.7. The molecule has 2 aromatic rings. The molecular formula is C15H11NO3. The Kier molecular flexibility index (Phi) is 2.56. The van der Waals surface area contributed by atoms with Crippen molar-refractivity contribution < 1.29 is 14.7 Å². The molecule has 0 aliphatic heterocycles. The summed E-state index contributed by atoms with van der Waals surface area (Å²) in [5, 5.41) is 10.1. The maximum atomic E-state index is 11.7. The number of benzene rings is 1. The number of rotatable bonds is 2. The molecule has 0 saturated heterocycles. The van der Waals surface area contributed by atoms with Crippen LogP contribution in [0.5, 0.6) is 5.88 Å². The van der Waals surface area contributed by atoms with Crippen LogP contribution in [0.2, 0.25) is 0 Å². The molecule has 1 N–H and O–H groups in total. The third-order valence-electron chi connectivity index (χ3n) is 3.15. The summed E-state index contributed by atoms with van der Waals surface area (Å²) in [4.78, 5) is 23.0. The van der Waals surface area contributed by atoms with Crippen molar-refractivity contribution in [2.45, 2.75) is 6.54 Å². The monoisotopic (exact) mass is 253 g/mol. The van der Waals surface area contributed by atoms with Crippen molar-refractivity contribution in [3.63, 3.8) is 0 Å². The molecule has 0 spiro atoms. The summed E-state index contributed by atoms with van der Waals surface area (Å²) in [6, 6.07) is 9.59. The van der Waals surface area contributed by atoms with Gasteiger partial charge < -0.3 is 9.67 Å². The van der Waals surface area contributed by atoms with Crippen LogP contribution < -0.4 is 0 Å². The molecule has 1 heterocycles. The summed E-state index contributed by atoms with van der Waals surface area (Å²) in [5.74, 6) is -1.11. The lowest BCUT2D eigenvalue weighted by Gasteiger charge is -2.05. The van der Waals surface area contributed by atoms with Gasteiger partial charge in [0.05, 0.1) is 12.1 Å². The number of fused-ring (bicyclic) bond motifs is 1. The summed E-state index contributed by atoms with van der Waals surface area (Å²) >= 11 is 0. The van der Waals surface area contributed by atoms with E-state index in [-0.39, 0.29) is 11.4 Å². The van der Waals surface area contributed by atoms with Crippen molar-refractivity contribution in [3.8, 4) is 5.88 Å². The molecule has 4 nitrogen and oxygen atoms in total. The van der Waals surface area contributed by atoms with Crippen molar-refractivity contribution in [2.24, 2.45) is 0 Å². The van der Waals surface area contributed by atoms with E-state index in [4.69, 9.17) is 0 Å². The lowest BCUT2D eigenvalue weighted by Crippen LogP contribution is -2.14. The van der Waals surface area contributed by atoms with Crippen LogP contribution in [0.25, 0.3) is 6.08 Å². The lowest BCUT2D eigenvalue weighted by molar-refractivity contribution is -0.110. The molecular weight excluding hydrogens is 242 g/mol. The quantitative estimate of drug-likeness (QED) is 0.833. The number of aromatic nitrogens is 1. The Balaban J connectivity index is 2.02. The third-order valence-corrected chi connectivity index (χ3v) is 3.15. The number of aromatic hydroxyl groups is 1. The standard InChI is InChI=1S/C15H11NO3/c17-13-7-6-11-12(14(13)18)9-16(15(11)19)8-10-4-2-1-3-5-10/h1-7,9,19H,8H2.